The van der Waals surface area contributed by atoms with Gasteiger partial charge < -0.3 is 14.9 Å². The molecular weight excluding hydrogens is 280 g/mol. The fraction of sp³-hybridized carbons (Fsp3) is 0.500. The molecule has 0 heterocycles. The number of benzene rings is 1. The molecule has 1 aromatic carbocycles. The van der Waals surface area contributed by atoms with Crippen LogP contribution in [0.2, 0.25) is 0 Å². The lowest BCUT2D eigenvalue weighted by molar-refractivity contribution is 0.0596. The summed E-state index contributed by atoms with van der Waals surface area (Å²) in [4.78, 5) is 12.0. The third kappa shape index (κ3) is 4.52. The maximum absolute atomic E-state index is 12.0. The topological polar surface area (TPSA) is 66.8 Å². The van der Waals surface area contributed by atoms with Gasteiger partial charge in [0.15, 0.2) is 0 Å². The zero-order chi connectivity index (χ0) is 16.7. The molecule has 0 fully saturated rings. The first-order chi connectivity index (χ1) is 10.4. The lowest BCUT2D eigenvalue weighted by atomic mass is 9.95. The van der Waals surface area contributed by atoms with Gasteiger partial charge in [-0.05, 0) is 44.7 Å². The Hall–Kier alpha value is -1.97. The predicted molar refractivity (Wildman–Crippen MR) is 87.5 cm³/mol. The minimum absolute atomic E-state index is 0.0224. The zero-order valence-corrected chi connectivity index (χ0v) is 13.9. The van der Waals surface area contributed by atoms with Crippen molar-refractivity contribution >= 4 is 5.97 Å². The highest BCUT2D eigenvalue weighted by atomic mass is 16.5. The van der Waals surface area contributed by atoms with Crippen molar-refractivity contribution < 1.29 is 19.7 Å². The van der Waals surface area contributed by atoms with Crippen LogP contribution < -0.4 is 0 Å². The van der Waals surface area contributed by atoms with E-state index in [-0.39, 0.29) is 17.1 Å². The first kappa shape index (κ1) is 18.1. The fourth-order valence-corrected chi connectivity index (χ4v) is 2.35. The van der Waals surface area contributed by atoms with E-state index in [0.29, 0.717) is 24.0 Å². The molecular formula is C18H26O4. The van der Waals surface area contributed by atoms with Crippen LogP contribution >= 0.6 is 0 Å². The number of allylic oxidation sites excluding steroid dienone is 2. The van der Waals surface area contributed by atoms with Gasteiger partial charge in [0, 0.05) is 5.56 Å². The van der Waals surface area contributed by atoms with Gasteiger partial charge in [0.2, 0.25) is 0 Å². The molecule has 0 saturated carbocycles. The number of phenolic OH excluding ortho intramolecular Hbond substituents is 2. The molecule has 0 atom stereocenters. The highest BCUT2D eigenvalue weighted by Crippen LogP contribution is 2.35. The second-order valence-electron chi connectivity index (χ2n) is 5.69. The number of esters is 1. The lowest BCUT2D eigenvalue weighted by Gasteiger charge is -2.15. The van der Waals surface area contributed by atoms with Crippen LogP contribution in [0.3, 0.4) is 0 Å². The molecule has 0 radical (unpaired) electrons. The van der Waals surface area contributed by atoms with E-state index in [1.54, 1.807) is 6.07 Å². The summed E-state index contributed by atoms with van der Waals surface area (Å²) in [5.41, 5.74) is 2.25. The quantitative estimate of drug-likeness (QED) is 0.451. The van der Waals surface area contributed by atoms with Gasteiger partial charge in [0.25, 0.3) is 0 Å². The fourth-order valence-electron chi connectivity index (χ4n) is 2.35. The smallest absolute Gasteiger partial charge is 0.341 e. The third-order valence-corrected chi connectivity index (χ3v) is 3.62. The van der Waals surface area contributed by atoms with Crippen LogP contribution in [0.1, 0.15) is 61.5 Å². The Morgan fingerprint density at radius 3 is 2.50 bits per heavy atom. The Balaban J connectivity index is 3.28. The molecule has 0 aliphatic rings. The van der Waals surface area contributed by atoms with Gasteiger partial charge in [-0.2, -0.15) is 0 Å². The van der Waals surface area contributed by atoms with E-state index in [9.17, 15) is 15.0 Å². The summed E-state index contributed by atoms with van der Waals surface area (Å²) in [6, 6.07) is 1.58. The van der Waals surface area contributed by atoms with Crippen LogP contribution in [-0.4, -0.2) is 23.3 Å². The first-order valence-corrected chi connectivity index (χ1v) is 7.70. The number of phenols is 2. The summed E-state index contributed by atoms with van der Waals surface area (Å²) in [5.74, 6) is -0.715. The molecule has 0 saturated heterocycles. The average molecular weight is 306 g/mol. The van der Waals surface area contributed by atoms with E-state index < -0.39 is 5.97 Å². The molecule has 22 heavy (non-hydrogen) atoms. The summed E-state index contributed by atoms with van der Waals surface area (Å²) in [5, 5.41) is 20.6. The summed E-state index contributed by atoms with van der Waals surface area (Å²) in [6.07, 6.45) is 5.88. The Labute approximate surface area is 132 Å². The van der Waals surface area contributed by atoms with Crippen molar-refractivity contribution in [2.24, 2.45) is 0 Å². The molecule has 122 valence electrons. The number of methoxy groups -OCH3 is 1. The number of carbonyl (C=O) groups is 1. The highest BCUT2D eigenvalue weighted by Gasteiger charge is 2.22. The lowest BCUT2D eigenvalue weighted by Crippen LogP contribution is -2.08. The van der Waals surface area contributed by atoms with Crippen LogP contribution in [-0.2, 0) is 17.6 Å². The monoisotopic (exact) mass is 306 g/mol. The van der Waals surface area contributed by atoms with Crippen LogP contribution in [0.4, 0.5) is 0 Å². The Morgan fingerprint density at radius 2 is 1.95 bits per heavy atom. The largest absolute Gasteiger partial charge is 0.508 e. The van der Waals surface area contributed by atoms with Crippen molar-refractivity contribution in [1.82, 2.24) is 0 Å². The minimum Gasteiger partial charge on any atom is -0.508 e. The van der Waals surface area contributed by atoms with Crippen LogP contribution in [0.15, 0.2) is 17.7 Å². The Kier molecular flexibility index (Phi) is 6.96. The van der Waals surface area contributed by atoms with Crippen molar-refractivity contribution in [3.05, 3.63) is 34.4 Å². The van der Waals surface area contributed by atoms with Crippen LogP contribution in [0, 0.1) is 0 Å². The van der Waals surface area contributed by atoms with Crippen molar-refractivity contribution in [2.75, 3.05) is 7.11 Å². The van der Waals surface area contributed by atoms with Gasteiger partial charge in [-0.3, -0.25) is 0 Å². The van der Waals surface area contributed by atoms with E-state index in [2.05, 4.69) is 6.92 Å². The Morgan fingerprint density at radius 1 is 1.27 bits per heavy atom. The van der Waals surface area contributed by atoms with E-state index in [4.69, 9.17) is 4.74 Å². The molecule has 0 aliphatic carbocycles. The van der Waals surface area contributed by atoms with Gasteiger partial charge in [0.1, 0.15) is 17.1 Å². The number of rotatable bonds is 7. The SMILES string of the molecule is CCCCCc1cc(O)c(CC=C(C)C)c(O)c1C(=O)OC. The first-order valence-electron chi connectivity index (χ1n) is 7.70. The Bertz CT molecular complexity index is 555. The summed E-state index contributed by atoms with van der Waals surface area (Å²) >= 11 is 0. The van der Waals surface area contributed by atoms with Gasteiger partial charge in [0.05, 0.1) is 7.11 Å². The van der Waals surface area contributed by atoms with Crippen LogP contribution in [0.25, 0.3) is 0 Å². The second-order valence-corrected chi connectivity index (χ2v) is 5.69. The number of aryl methyl sites for hydroxylation is 1. The number of unbranched alkanes of at least 4 members (excludes halogenated alkanes) is 2. The average Bonchev–Trinajstić information content (AvgIpc) is 2.46. The number of hydrogen-bond acceptors (Lipinski definition) is 4. The molecule has 1 aromatic rings. The number of carbonyl (C=O) groups excluding carboxylic acids is 1. The second kappa shape index (κ2) is 8.47. The summed E-state index contributed by atoms with van der Waals surface area (Å²) < 4.78 is 4.79. The molecule has 0 bridgehead atoms. The molecule has 2 N–H and O–H groups in total. The van der Waals surface area contributed by atoms with E-state index in [1.165, 1.54) is 7.11 Å². The van der Waals surface area contributed by atoms with Gasteiger partial charge in [-0.1, -0.05) is 31.4 Å². The van der Waals surface area contributed by atoms with Crippen molar-refractivity contribution in [2.45, 2.75) is 52.9 Å². The standard InChI is InChI=1S/C18H26O4/c1-5-6-7-8-13-11-15(19)14(10-9-12(2)3)17(20)16(13)18(21)22-4/h9,11,19-20H,5-8,10H2,1-4H3. The molecule has 1 rings (SSSR count). The van der Waals surface area contributed by atoms with E-state index >= 15 is 0 Å². The van der Waals surface area contributed by atoms with E-state index in [1.807, 2.05) is 19.9 Å². The predicted octanol–water partition coefficient (Wildman–Crippen LogP) is 4.13. The molecule has 0 amide bonds. The maximum Gasteiger partial charge on any atom is 0.341 e. The van der Waals surface area contributed by atoms with Crippen molar-refractivity contribution in [1.29, 1.82) is 0 Å². The van der Waals surface area contributed by atoms with E-state index in [0.717, 1.165) is 24.8 Å². The number of hydrogen-bond donors (Lipinski definition) is 2. The molecule has 0 aromatic heterocycles. The van der Waals surface area contributed by atoms with Crippen LogP contribution in [0.5, 0.6) is 11.5 Å². The maximum atomic E-state index is 12.0. The normalized spacial score (nSPS) is 10.4. The zero-order valence-electron chi connectivity index (χ0n) is 13.9. The molecule has 4 nitrogen and oxygen atoms in total. The molecule has 0 unspecified atom stereocenters. The third-order valence-electron chi connectivity index (χ3n) is 3.62. The van der Waals surface area contributed by atoms with Gasteiger partial charge >= 0.3 is 5.97 Å². The molecule has 0 aliphatic heterocycles. The molecule has 0 spiro atoms. The van der Waals surface area contributed by atoms with Crippen molar-refractivity contribution in [3.8, 4) is 11.5 Å². The summed E-state index contributed by atoms with van der Waals surface area (Å²) in [6.45, 7) is 5.97. The number of aromatic hydroxyl groups is 2. The number of ether oxygens (including phenoxy) is 1. The van der Waals surface area contributed by atoms with Gasteiger partial charge in [-0.15, -0.1) is 0 Å². The minimum atomic E-state index is -0.567. The molecule has 4 heteroatoms. The summed E-state index contributed by atoms with van der Waals surface area (Å²) in [7, 11) is 1.29. The highest BCUT2D eigenvalue weighted by molar-refractivity contribution is 5.95. The van der Waals surface area contributed by atoms with Gasteiger partial charge in [-0.25, -0.2) is 4.79 Å². The van der Waals surface area contributed by atoms with Crippen molar-refractivity contribution in [3.63, 3.8) is 0 Å².